The molecule has 1 aromatic heterocycles. The number of aryl methyl sites for hydroxylation is 1. The predicted octanol–water partition coefficient (Wildman–Crippen LogP) is 2.09. The highest BCUT2D eigenvalue weighted by Gasteiger charge is 2.23. The van der Waals surface area contributed by atoms with Crippen LogP contribution in [-0.2, 0) is 11.3 Å². The first-order valence-electron chi connectivity index (χ1n) is 6.44. The van der Waals surface area contributed by atoms with Gasteiger partial charge in [0.25, 0.3) is 0 Å². The van der Waals surface area contributed by atoms with Crippen LogP contribution < -0.4 is 5.32 Å². The first-order valence-corrected chi connectivity index (χ1v) is 7.32. The Labute approximate surface area is 122 Å². The van der Waals surface area contributed by atoms with Crippen LogP contribution in [0, 0.1) is 12.8 Å². The van der Waals surface area contributed by atoms with Gasteiger partial charge in [0.15, 0.2) is 0 Å². The van der Waals surface area contributed by atoms with Gasteiger partial charge in [0, 0.05) is 11.9 Å². The van der Waals surface area contributed by atoms with Crippen molar-refractivity contribution in [2.75, 3.05) is 7.05 Å². The van der Waals surface area contributed by atoms with Crippen molar-refractivity contribution in [1.29, 1.82) is 0 Å². The number of urea groups is 1. The van der Waals surface area contributed by atoms with Gasteiger partial charge in [-0.2, -0.15) is 0 Å². The molecular formula is C13H21N3O3S. The monoisotopic (exact) mass is 299 g/mol. The molecule has 0 bridgehead atoms. The Morgan fingerprint density at radius 1 is 1.50 bits per heavy atom. The Kier molecular flexibility index (Phi) is 5.94. The van der Waals surface area contributed by atoms with Gasteiger partial charge in [-0.05, 0) is 19.3 Å². The van der Waals surface area contributed by atoms with Gasteiger partial charge in [0.1, 0.15) is 6.04 Å². The van der Waals surface area contributed by atoms with Gasteiger partial charge in [-0.3, -0.25) is 0 Å². The lowest BCUT2D eigenvalue weighted by molar-refractivity contribution is -0.139. The molecule has 0 radical (unpaired) electrons. The number of amides is 2. The van der Waals surface area contributed by atoms with Crippen LogP contribution in [0.4, 0.5) is 4.79 Å². The van der Waals surface area contributed by atoms with Crippen LogP contribution in [0.5, 0.6) is 0 Å². The van der Waals surface area contributed by atoms with Crippen molar-refractivity contribution < 1.29 is 14.7 Å². The molecule has 0 aliphatic carbocycles. The second-order valence-electron chi connectivity index (χ2n) is 5.19. The average molecular weight is 299 g/mol. The summed E-state index contributed by atoms with van der Waals surface area (Å²) in [6.45, 7) is 6.16. The third kappa shape index (κ3) is 4.80. The Morgan fingerprint density at radius 3 is 2.60 bits per heavy atom. The molecule has 2 N–H and O–H groups in total. The molecule has 0 saturated carbocycles. The van der Waals surface area contributed by atoms with Crippen molar-refractivity contribution in [1.82, 2.24) is 15.2 Å². The number of carbonyl (C=O) groups is 2. The lowest BCUT2D eigenvalue weighted by Crippen LogP contribution is -2.46. The molecule has 112 valence electrons. The third-order valence-corrected chi connectivity index (χ3v) is 3.80. The fourth-order valence-corrected chi connectivity index (χ4v) is 2.55. The lowest BCUT2D eigenvalue weighted by atomic mass is 10.0. The summed E-state index contributed by atoms with van der Waals surface area (Å²) < 4.78 is 0. The molecule has 6 nitrogen and oxygen atoms in total. The fraction of sp³-hybridized carbons (Fsp3) is 0.615. The topological polar surface area (TPSA) is 82.5 Å². The van der Waals surface area contributed by atoms with E-state index in [0.29, 0.717) is 13.0 Å². The first-order chi connectivity index (χ1) is 9.31. The molecule has 1 atom stereocenters. The molecule has 0 aliphatic heterocycles. The normalized spacial score (nSPS) is 12.2. The zero-order valence-electron chi connectivity index (χ0n) is 12.2. The summed E-state index contributed by atoms with van der Waals surface area (Å²) >= 11 is 1.48. The standard InChI is InChI=1S/C13H21N3O3S/c1-8(2)5-10(12(17)18)15-13(19)16(4)6-11-9(3)14-7-20-11/h7-8,10H,5-6H2,1-4H3,(H,15,19)(H,17,18)/t10-/m0/s1. The Morgan fingerprint density at radius 2 is 2.15 bits per heavy atom. The number of carboxylic acid groups (broad SMARTS) is 1. The minimum absolute atomic E-state index is 0.199. The number of rotatable bonds is 6. The minimum atomic E-state index is -1.01. The van der Waals surface area contributed by atoms with Gasteiger partial charge >= 0.3 is 12.0 Å². The summed E-state index contributed by atoms with van der Waals surface area (Å²) in [4.78, 5) is 29.7. The number of aliphatic carboxylic acids is 1. The number of nitrogens with zero attached hydrogens (tertiary/aromatic N) is 2. The second kappa shape index (κ2) is 7.23. The quantitative estimate of drug-likeness (QED) is 0.842. The summed E-state index contributed by atoms with van der Waals surface area (Å²) in [6.07, 6.45) is 0.411. The van der Waals surface area contributed by atoms with E-state index in [9.17, 15) is 9.59 Å². The van der Waals surface area contributed by atoms with E-state index in [4.69, 9.17) is 5.11 Å². The maximum atomic E-state index is 12.0. The molecule has 0 spiro atoms. The zero-order valence-corrected chi connectivity index (χ0v) is 13.0. The molecule has 0 fully saturated rings. The summed E-state index contributed by atoms with van der Waals surface area (Å²) in [7, 11) is 1.64. The Balaban J connectivity index is 2.59. The van der Waals surface area contributed by atoms with E-state index in [2.05, 4.69) is 10.3 Å². The summed E-state index contributed by atoms with van der Waals surface area (Å²) in [5.41, 5.74) is 2.63. The molecule has 7 heteroatoms. The molecule has 0 unspecified atom stereocenters. The van der Waals surface area contributed by atoms with E-state index in [1.807, 2.05) is 20.8 Å². The molecule has 0 aromatic carbocycles. The maximum absolute atomic E-state index is 12.0. The van der Waals surface area contributed by atoms with Crippen molar-refractivity contribution in [2.45, 2.75) is 39.8 Å². The largest absolute Gasteiger partial charge is 0.480 e. The fourth-order valence-electron chi connectivity index (χ4n) is 1.72. The van der Waals surface area contributed by atoms with Crippen LogP contribution >= 0.6 is 11.3 Å². The van der Waals surface area contributed by atoms with E-state index in [1.54, 1.807) is 12.6 Å². The molecule has 20 heavy (non-hydrogen) atoms. The molecule has 2 amide bonds. The highest BCUT2D eigenvalue weighted by Crippen LogP contribution is 2.14. The van der Waals surface area contributed by atoms with Crippen molar-refractivity contribution in [3.8, 4) is 0 Å². The van der Waals surface area contributed by atoms with Crippen molar-refractivity contribution in [3.05, 3.63) is 16.1 Å². The van der Waals surface area contributed by atoms with Gasteiger partial charge in [-0.15, -0.1) is 11.3 Å². The number of nitrogens with one attached hydrogen (secondary N) is 1. The van der Waals surface area contributed by atoms with Crippen LogP contribution in [0.1, 0.15) is 30.8 Å². The molecule has 0 aliphatic rings. The SMILES string of the molecule is Cc1ncsc1CN(C)C(=O)N[C@@H](CC(C)C)C(=O)O. The summed E-state index contributed by atoms with van der Waals surface area (Å²) in [5, 5.41) is 11.7. The van der Waals surface area contributed by atoms with Gasteiger partial charge in [-0.25, -0.2) is 14.6 Å². The summed E-state index contributed by atoms with van der Waals surface area (Å²) in [5.74, 6) is -0.806. The van der Waals surface area contributed by atoms with E-state index in [1.165, 1.54) is 16.2 Å². The third-order valence-electron chi connectivity index (χ3n) is 2.88. The molecular weight excluding hydrogens is 278 g/mol. The van der Waals surface area contributed by atoms with Gasteiger partial charge in [-0.1, -0.05) is 13.8 Å². The van der Waals surface area contributed by atoms with E-state index in [-0.39, 0.29) is 11.9 Å². The van der Waals surface area contributed by atoms with E-state index < -0.39 is 12.0 Å². The predicted molar refractivity (Wildman–Crippen MR) is 77.7 cm³/mol. The number of carboxylic acids is 1. The number of carbonyl (C=O) groups excluding carboxylic acids is 1. The Hall–Kier alpha value is -1.63. The van der Waals surface area contributed by atoms with Crippen LogP contribution in [0.3, 0.4) is 0 Å². The second-order valence-corrected chi connectivity index (χ2v) is 6.13. The van der Waals surface area contributed by atoms with Crippen LogP contribution in [0.2, 0.25) is 0 Å². The van der Waals surface area contributed by atoms with Crippen LogP contribution in [0.25, 0.3) is 0 Å². The number of aromatic nitrogens is 1. The van der Waals surface area contributed by atoms with Crippen molar-refractivity contribution in [3.63, 3.8) is 0 Å². The number of hydrogen-bond donors (Lipinski definition) is 2. The molecule has 1 aromatic rings. The smallest absolute Gasteiger partial charge is 0.326 e. The van der Waals surface area contributed by atoms with E-state index in [0.717, 1.165) is 10.6 Å². The first kappa shape index (κ1) is 16.4. The highest BCUT2D eigenvalue weighted by atomic mass is 32.1. The summed E-state index contributed by atoms with van der Waals surface area (Å²) in [6, 6.07) is -1.24. The van der Waals surface area contributed by atoms with Gasteiger partial charge in [0.2, 0.25) is 0 Å². The maximum Gasteiger partial charge on any atom is 0.326 e. The minimum Gasteiger partial charge on any atom is -0.480 e. The lowest BCUT2D eigenvalue weighted by Gasteiger charge is -2.22. The molecule has 1 heterocycles. The molecule has 0 saturated heterocycles. The average Bonchev–Trinajstić information content (AvgIpc) is 2.73. The number of thiazole rings is 1. The van der Waals surface area contributed by atoms with E-state index >= 15 is 0 Å². The number of hydrogen-bond acceptors (Lipinski definition) is 4. The molecule has 1 rings (SSSR count). The highest BCUT2D eigenvalue weighted by molar-refractivity contribution is 7.09. The van der Waals surface area contributed by atoms with Crippen LogP contribution in [-0.4, -0.2) is 40.1 Å². The van der Waals surface area contributed by atoms with Crippen LogP contribution in [0.15, 0.2) is 5.51 Å². The zero-order chi connectivity index (χ0) is 15.3. The van der Waals surface area contributed by atoms with Gasteiger partial charge < -0.3 is 15.3 Å². The van der Waals surface area contributed by atoms with Crippen molar-refractivity contribution >= 4 is 23.3 Å². The van der Waals surface area contributed by atoms with Crippen molar-refractivity contribution in [2.24, 2.45) is 5.92 Å². The van der Waals surface area contributed by atoms with Gasteiger partial charge in [0.05, 0.1) is 17.7 Å². The Bertz CT molecular complexity index is 473.